The summed E-state index contributed by atoms with van der Waals surface area (Å²) in [6.07, 6.45) is -0.181. The van der Waals surface area contributed by atoms with Crippen LogP contribution in [-0.4, -0.2) is 66.5 Å². The first-order valence-electron chi connectivity index (χ1n) is 8.29. The molecule has 2 heterocycles. The molecule has 0 aliphatic carbocycles. The zero-order valence-electron chi connectivity index (χ0n) is 14.0. The van der Waals surface area contributed by atoms with Crippen molar-refractivity contribution >= 4 is 35.2 Å². The first-order chi connectivity index (χ1) is 12.0. The van der Waals surface area contributed by atoms with Crippen LogP contribution < -0.4 is 4.90 Å². The van der Waals surface area contributed by atoms with Crippen molar-refractivity contribution in [3.05, 3.63) is 29.3 Å². The number of carbonyl (C=O) groups excluding carboxylic acids is 3. The fourth-order valence-electron chi connectivity index (χ4n) is 3.19. The van der Waals surface area contributed by atoms with E-state index in [1.54, 1.807) is 36.1 Å². The van der Waals surface area contributed by atoms with E-state index in [1.165, 1.54) is 4.90 Å². The Balaban J connectivity index is 1.65. The van der Waals surface area contributed by atoms with Crippen molar-refractivity contribution in [1.82, 2.24) is 9.80 Å². The van der Waals surface area contributed by atoms with Gasteiger partial charge in [-0.2, -0.15) is 0 Å². The Labute approximate surface area is 151 Å². The summed E-state index contributed by atoms with van der Waals surface area (Å²) in [5, 5.41) is 0.550. The predicted octanol–water partition coefficient (Wildman–Crippen LogP) is 1.75. The van der Waals surface area contributed by atoms with Crippen LogP contribution >= 0.6 is 11.6 Å². The second-order valence-electron chi connectivity index (χ2n) is 5.99. The van der Waals surface area contributed by atoms with E-state index in [9.17, 15) is 14.4 Å². The lowest BCUT2D eigenvalue weighted by Crippen LogP contribution is -2.54. The number of ether oxygens (including phenoxy) is 1. The molecule has 8 heteroatoms. The van der Waals surface area contributed by atoms with E-state index in [1.807, 2.05) is 4.90 Å². The van der Waals surface area contributed by atoms with Gasteiger partial charge in [-0.1, -0.05) is 11.6 Å². The number of nitrogens with zero attached hydrogens (tertiary/aromatic N) is 3. The lowest BCUT2D eigenvalue weighted by Gasteiger charge is -2.36. The number of carbonyl (C=O) groups is 3. The molecule has 2 fully saturated rings. The minimum absolute atomic E-state index is 0.154. The summed E-state index contributed by atoms with van der Waals surface area (Å²) in [7, 11) is 0. The van der Waals surface area contributed by atoms with E-state index < -0.39 is 6.04 Å². The van der Waals surface area contributed by atoms with Gasteiger partial charge in [0, 0.05) is 31.2 Å². The maximum atomic E-state index is 12.7. The quantitative estimate of drug-likeness (QED) is 0.763. The maximum absolute atomic E-state index is 12.7. The number of anilines is 1. The van der Waals surface area contributed by atoms with Crippen molar-refractivity contribution in [2.75, 3.05) is 37.7 Å². The van der Waals surface area contributed by atoms with Gasteiger partial charge < -0.3 is 9.64 Å². The van der Waals surface area contributed by atoms with Crippen molar-refractivity contribution in [3.8, 4) is 0 Å². The van der Waals surface area contributed by atoms with E-state index >= 15 is 0 Å². The number of amides is 3. The van der Waals surface area contributed by atoms with Crippen LogP contribution in [0.1, 0.15) is 13.3 Å². The predicted molar refractivity (Wildman–Crippen MR) is 92.5 cm³/mol. The molecule has 1 aromatic carbocycles. The van der Waals surface area contributed by atoms with Crippen LogP contribution in [0.25, 0.3) is 0 Å². The Morgan fingerprint density at radius 2 is 1.80 bits per heavy atom. The minimum Gasteiger partial charge on any atom is -0.450 e. The van der Waals surface area contributed by atoms with Gasteiger partial charge in [0.2, 0.25) is 5.91 Å². The minimum atomic E-state index is -0.479. The average Bonchev–Trinajstić information content (AvgIpc) is 2.91. The number of imide groups is 1. The molecule has 25 heavy (non-hydrogen) atoms. The van der Waals surface area contributed by atoms with Gasteiger partial charge in [0.05, 0.1) is 24.8 Å². The molecule has 0 aromatic heterocycles. The highest BCUT2D eigenvalue weighted by Gasteiger charge is 2.43. The van der Waals surface area contributed by atoms with Crippen LogP contribution in [0.15, 0.2) is 24.3 Å². The van der Waals surface area contributed by atoms with Gasteiger partial charge in [-0.25, -0.2) is 9.69 Å². The number of hydrogen-bond acceptors (Lipinski definition) is 5. The van der Waals surface area contributed by atoms with E-state index in [0.717, 1.165) is 0 Å². The maximum Gasteiger partial charge on any atom is 0.409 e. The Hall–Kier alpha value is -2.12. The summed E-state index contributed by atoms with van der Waals surface area (Å²) in [5.74, 6) is -0.443. The molecule has 3 rings (SSSR count). The number of halogens is 1. The lowest BCUT2D eigenvalue weighted by molar-refractivity contribution is -0.123. The summed E-state index contributed by atoms with van der Waals surface area (Å²) >= 11 is 5.86. The van der Waals surface area contributed by atoms with Gasteiger partial charge in [-0.05, 0) is 31.2 Å². The van der Waals surface area contributed by atoms with Gasteiger partial charge in [0.25, 0.3) is 5.91 Å². The normalized spacial score (nSPS) is 21.8. The Morgan fingerprint density at radius 3 is 2.40 bits per heavy atom. The molecule has 1 aromatic rings. The van der Waals surface area contributed by atoms with Crippen molar-refractivity contribution in [2.24, 2.45) is 0 Å². The van der Waals surface area contributed by atoms with E-state index in [0.29, 0.717) is 43.5 Å². The third-order valence-electron chi connectivity index (χ3n) is 4.49. The zero-order chi connectivity index (χ0) is 18.0. The second-order valence-corrected chi connectivity index (χ2v) is 6.42. The fourth-order valence-corrected chi connectivity index (χ4v) is 3.32. The third kappa shape index (κ3) is 3.62. The summed E-state index contributed by atoms with van der Waals surface area (Å²) in [4.78, 5) is 41.6. The van der Waals surface area contributed by atoms with Crippen molar-refractivity contribution in [1.29, 1.82) is 0 Å². The lowest BCUT2D eigenvalue weighted by atomic mass is 10.2. The van der Waals surface area contributed by atoms with E-state index in [-0.39, 0.29) is 24.3 Å². The van der Waals surface area contributed by atoms with Crippen LogP contribution in [0, 0.1) is 0 Å². The molecule has 134 valence electrons. The molecule has 7 nitrogen and oxygen atoms in total. The third-order valence-corrected chi connectivity index (χ3v) is 4.74. The van der Waals surface area contributed by atoms with Gasteiger partial charge >= 0.3 is 6.09 Å². The number of hydrogen-bond donors (Lipinski definition) is 0. The Kier molecular flexibility index (Phi) is 5.24. The molecule has 0 saturated carbocycles. The molecule has 1 atom stereocenters. The molecule has 0 bridgehead atoms. The Bertz CT molecular complexity index is 671. The molecule has 2 saturated heterocycles. The molecule has 0 N–H and O–H groups in total. The molecular formula is C17H20ClN3O4. The summed E-state index contributed by atoms with van der Waals surface area (Å²) in [6.45, 7) is 4.15. The van der Waals surface area contributed by atoms with Crippen molar-refractivity contribution in [3.63, 3.8) is 0 Å². The SMILES string of the molecule is CCOC(=O)N1CCN([C@@H]2CC(=O)N(c3ccc(Cl)cc3)C2=O)CC1. The zero-order valence-corrected chi connectivity index (χ0v) is 14.7. The van der Waals surface area contributed by atoms with Crippen molar-refractivity contribution in [2.45, 2.75) is 19.4 Å². The highest BCUT2D eigenvalue weighted by Crippen LogP contribution is 2.27. The number of benzene rings is 1. The Morgan fingerprint density at radius 1 is 1.16 bits per heavy atom. The number of piperazine rings is 1. The topological polar surface area (TPSA) is 70.2 Å². The van der Waals surface area contributed by atoms with Crippen molar-refractivity contribution < 1.29 is 19.1 Å². The molecular weight excluding hydrogens is 346 g/mol. The van der Waals surface area contributed by atoms with E-state index in [4.69, 9.17) is 16.3 Å². The molecule has 2 aliphatic heterocycles. The highest BCUT2D eigenvalue weighted by atomic mass is 35.5. The van der Waals surface area contributed by atoms with Gasteiger partial charge in [-0.3, -0.25) is 14.5 Å². The van der Waals surface area contributed by atoms with E-state index in [2.05, 4.69) is 0 Å². The molecule has 0 radical (unpaired) electrons. The monoisotopic (exact) mass is 365 g/mol. The first-order valence-corrected chi connectivity index (χ1v) is 8.67. The highest BCUT2D eigenvalue weighted by molar-refractivity contribution is 6.30. The van der Waals surface area contributed by atoms with Gasteiger partial charge in [0.15, 0.2) is 0 Å². The second kappa shape index (κ2) is 7.41. The van der Waals surface area contributed by atoms with Crippen LogP contribution in [-0.2, 0) is 14.3 Å². The average molecular weight is 366 g/mol. The standard InChI is InChI=1S/C17H20ClN3O4/c1-2-25-17(24)20-9-7-19(8-10-20)14-11-15(22)21(16(14)23)13-5-3-12(18)4-6-13/h3-6,14H,2,7-11H2,1H3/t14-/m1/s1. The van der Waals surface area contributed by atoms with Crippen LogP contribution in [0.5, 0.6) is 0 Å². The fraction of sp³-hybridized carbons (Fsp3) is 0.471. The van der Waals surface area contributed by atoms with Crippen LogP contribution in [0.4, 0.5) is 10.5 Å². The largest absolute Gasteiger partial charge is 0.450 e. The van der Waals surface area contributed by atoms with Crippen LogP contribution in [0.2, 0.25) is 5.02 Å². The summed E-state index contributed by atoms with van der Waals surface area (Å²) in [6, 6.07) is 6.16. The first kappa shape index (κ1) is 17.7. The smallest absolute Gasteiger partial charge is 0.409 e. The number of rotatable bonds is 3. The molecule has 3 amide bonds. The van der Waals surface area contributed by atoms with Gasteiger partial charge in [0.1, 0.15) is 0 Å². The summed E-state index contributed by atoms with van der Waals surface area (Å²) < 4.78 is 4.99. The molecule has 0 unspecified atom stereocenters. The van der Waals surface area contributed by atoms with Gasteiger partial charge in [-0.15, -0.1) is 0 Å². The molecule has 0 spiro atoms. The van der Waals surface area contributed by atoms with Crippen LogP contribution in [0.3, 0.4) is 0 Å². The molecule has 2 aliphatic rings. The summed E-state index contributed by atoms with van der Waals surface area (Å²) in [5.41, 5.74) is 0.534.